The van der Waals surface area contributed by atoms with Gasteiger partial charge < -0.3 is 4.74 Å². The first-order chi connectivity index (χ1) is 6.04. The quantitative estimate of drug-likeness (QED) is 0.637. The first-order valence-electron chi connectivity index (χ1n) is 5.68. The Morgan fingerprint density at radius 2 is 2.00 bits per heavy atom. The summed E-state index contributed by atoms with van der Waals surface area (Å²) < 4.78 is 6.06. The largest absolute Gasteiger partial charge is 0.374 e. The Labute approximate surface area is 81.9 Å². The molecule has 3 rings (SSSR count). The van der Waals surface area contributed by atoms with E-state index in [1.165, 1.54) is 19.3 Å². The summed E-state index contributed by atoms with van der Waals surface area (Å²) in [5.41, 5.74) is 0.658. The van der Waals surface area contributed by atoms with Crippen LogP contribution in [0.4, 0.5) is 0 Å². The number of rotatable bonds is 2. The molecule has 2 bridgehead atoms. The van der Waals surface area contributed by atoms with Gasteiger partial charge in [0, 0.05) is 6.61 Å². The fourth-order valence-electron chi connectivity index (χ4n) is 3.73. The molecule has 0 N–H and O–H groups in total. The van der Waals surface area contributed by atoms with E-state index in [1.54, 1.807) is 0 Å². The first-order valence-corrected chi connectivity index (χ1v) is 5.68. The van der Waals surface area contributed by atoms with E-state index in [0.717, 1.165) is 18.4 Å². The highest BCUT2D eigenvalue weighted by Crippen LogP contribution is 2.65. The molecule has 0 saturated heterocycles. The van der Waals surface area contributed by atoms with Crippen LogP contribution in [0, 0.1) is 17.3 Å². The molecule has 0 aliphatic heterocycles. The van der Waals surface area contributed by atoms with E-state index in [9.17, 15) is 0 Å². The van der Waals surface area contributed by atoms with Crippen molar-refractivity contribution in [3.05, 3.63) is 0 Å². The molecule has 3 fully saturated rings. The van der Waals surface area contributed by atoms with E-state index in [0.29, 0.717) is 5.41 Å². The monoisotopic (exact) mass is 182 g/mol. The Balaban J connectivity index is 2.23. The number of hydrogen-bond acceptors (Lipinski definition) is 1. The molecule has 3 saturated carbocycles. The van der Waals surface area contributed by atoms with Gasteiger partial charge in [0.05, 0.1) is 5.60 Å². The second-order valence-corrected chi connectivity index (χ2v) is 5.42. The van der Waals surface area contributed by atoms with E-state index in [-0.39, 0.29) is 5.60 Å². The van der Waals surface area contributed by atoms with Crippen molar-refractivity contribution in [2.45, 2.75) is 52.6 Å². The van der Waals surface area contributed by atoms with Crippen molar-refractivity contribution in [1.29, 1.82) is 0 Å². The van der Waals surface area contributed by atoms with Gasteiger partial charge in [0.15, 0.2) is 0 Å². The van der Waals surface area contributed by atoms with Crippen LogP contribution < -0.4 is 0 Å². The van der Waals surface area contributed by atoms with Crippen LogP contribution in [0.1, 0.15) is 47.0 Å². The number of fused-ring (bicyclic) bond motifs is 2. The Morgan fingerprint density at radius 3 is 2.46 bits per heavy atom. The highest BCUT2D eigenvalue weighted by atomic mass is 16.5. The lowest BCUT2D eigenvalue weighted by Gasteiger charge is -2.67. The average molecular weight is 182 g/mol. The lowest BCUT2D eigenvalue weighted by atomic mass is 9.42. The van der Waals surface area contributed by atoms with Gasteiger partial charge in [-0.25, -0.2) is 0 Å². The minimum absolute atomic E-state index is 0.227. The summed E-state index contributed by atoms with van der Waals surface area (Å²) in [6, 6.07) is 0. The zero-order valence-electron chi connectivity index (χ0n) is 9.39. The van der Waals surface area contributed by atoms with Gasteiger partial charge in [0.25, 0.3) is 0 Å². The first kappa shape index (κ1) is 9.51. The van der Waals surface area contributed by atoms with Crippen molar-refractivity contribution in [2.75, 3.05) is 6.61 Å². The maximum atomic E-state index is 6.06. The van der Waals surface area contributed by atoms with Crippen molar-refractivity contribution in [3.8, 4) is 0 Å². The van der Waals surface area contributed by atoms with Crippen LogP contribution in [0.2, 0.25) is 0 Å². The fraction of sp³-hybridized carbons (Fsp3) is 1.00. The van der Waals surface area contributed by atoms with Crippen LogP contribution in [-0.4, -0.2) is 12.2 Å². The second kappa shape index (κ2) is 2.73. The molecular formula is C12H22O. The third-order valence-electron chi connectivity index (χ3n) is 4.81. The topological polar surface area (TPSA) is 9.23 Å². The SMILES string of the molecule is CCOC12CC(CCC1C)C2(C)C. The van der Waals surface area contributed by atoms with Gasteiger partial charge in [-0.3, -0.25) is 0 Å². The summed E-state index contributed by atoms with van der Waals surface area (Å²) in [6.45, 7) is 10.2. The van der Waals surface area contributed by atoms with Crippen molar-refractivity contribution >= 4 is 0 Å². The molecule has 3 aliphatic carbocycles. The fourth-order valence-corrected chi connectivity index (χ4v) is 3.73. The van der Waals surface area contributed by atoms with Gasteiger partial charge in [0.2, 0.25) is 0 Å². The predicted molar refractivity (Wildman–Crippen MR) is 54.6 cm³/mol. The van der Waals surface area contributed by atoms with E-state index >= 15 is 0 Å². The van der Waals surface area contributed by atoms with Gasteiger partial charge in [-0.2, -0.15) is 0 Å². The molecule has 3 aliphatic rings. The predicted octanol–water partition coefficient (Wildman–Crippen LogP) is 3.24. The maximum absolute atomic E-state index is 6.06. The second-order valence-electron chi connectivity index (χ2n) is 5.42. The Kier molecular flexibility index (Phi) is 1.99. The van der Waals surface area contributed by atoms with Gasteiger partial charge in [-0.1, -0.05) is 20.8 Å². The van der Waals surface area contributed by atoms with Crippen LogP contribution in [-0.2, 0) is 4.74 Å². The van der Waals surface area contributed by atoms with Crippen LogP contribution in [0.3, 0.4) is 0 Å². The highest BCUT2D eigenvalue weighted by Gasteiger charge is 2.65. The van der Waals surface area contributed by atoms with Crippen LogP contribution in [0.15, 0.2) is 0 Å². The summed E-state index contributed by atoms with van der Waals surface area (Å²) in [5.74, 6) is 1.68. The van der Waals surface area contributed by atoms with Crippen molar-refractivity contribution < 1.29 is 4.74 Å². The molecule has 0 aromatic heterocycles. The van der Waals surface area contributed by atoms with Crippen LogP contribution in [0.25, 0.3) is 0 Å². The molecule has 13 heavy (non-hydrogen) atoms. The summed E-state index contributed by atoms with van der Waals surface area (Å²) >= 11 is 0. The minimum Gasteiger partial charge on any atom is -0.374 e. The van der Waals surface area contributed by atoms with Crippen molar-refractivity contribution in [2.24, 2.45) is 17.3 Å². The normalized spacial score (nSPS) is 47.1. The molecule has 0 heterocycles. The Morgan fingerprint density at radius 1 is 1.31 bits per heavy atom. The summed E-state index contributed by atoms with van der Waals surface area (Å²) in [6.07, 6.45) is 4.10. The molecule has 3 atom stereocenters. The Bertz CT molecular complexity index is 205. The summed E-state index contributed by atoms with van der Waals surface area (Å²) in [5, 5.41) is 0. The van der Waals surface area contributed by atoms with Crippen LogP contribution >= 0.6 is 0 Å². The minimum atomic E-state index is 0.227. The zero-order chi connectivity index (χ0) is 9.69. The molecular weight excluding hydrogens is 160 g/mol. The molecule has 3 unspecified atom stereocenters. The smallest absolute Gasteiger partial charge is 0.0763 e. The molecule has 0 spiro atoms. The summed E-state index contributed by atoms with van der Waals surface area (Å²) in [7, 11) is 0. The van der Waals surface area contributed by atoms with E-state index in [2.05, 4.69) is 27.7 Å². The zero-order valence-corrected chi connectivity index (χ0v) is 9.39. The van der Waals surface area contributed by atoms with E-state index in [4.69, 9.17) is 4.74 Å². The number of hydrogen-bond donors (Lipinski definition) is 0. The van der Waals surface area contributed by atoms with Gasteiger partial charge in [0.1, 0.15) is 0 Å². The number of ether oxygens (including phenoxy) is 1. The maximum Gasteiger partial charge on any atom is 0.0763 e. The van der Waals surface area contributed by atoms with Crippen molar-refractivity contribution in [3.63, 3.8) is 0 Å². The van der Waals surface area contributed by atoms with Gasteiger partial charge in [-0.05, 0) is 43.4 Å². The lowest BCUT2D eigenvalue weighted by molar-refractivity contribution is -0.276. The summed E-state index contributed by atoms with van der Waals surface area (Å²) in [4.78, 5) is 0. The third kappa shape index (κ3) is 0.971. The van der Waals surface area contributed by atoms with Crippen LogP contribution in [0.5, 0.6) is 0 Å². The standard InChI is InChI=1S/C12H22O/c1-5-13-12-8-10(11(12,3)4)7-6-9(12)2/h9-10H,5-8H2,1-4H3. The molecule has 76 valence electrons. The molecule has 1 nitrogen and oxygen atoms in total. The third-order valence-corrected chi connectivity index (χ3v) is 4.81. The van der Waals surface area contributed by atoms with Gasteiger partial charge >= 0.3 is 0 Å². The Hall–Kier alpha value is -0.0400. The molecule has 0 amide bonds. The molecule has 1 heteroatoms. The molecule has 0 radical (unpaired) electrons. The lowest BCUT2D eigenvalue weighted by Crippen LogP contribution is -2.68. The molecule has 0 aromatic rings. The molecule has 0 aromatic carbocycles. The van der Waals surface area contributed by atoms with E-state index in [1.807, 2.05) is 0 Å². The van der Waals surface area contributed by atoms with Gasteiger partial charge in [-0.15, -0.1) is 0 Å². The van der Waals surface area contributed by atoms with Crippen molar-refractivity contribution in [1.82, 2.24) is 0 Å². The average Bonchev–Trinajstić information content (AvgIpc) is 2.08. The highest BCUT2D eigenvalue weighted by molar-refractivity contribution is 5.15. The van der Waals surface area contributed by atoms with E-state index < -0.39 is 0 Å².